The van der Waals surface area contributed by atoms with E-state index in [4.69, 9.17) is 52.1 Å². The lowest BCUT2D eigenvalue weighted by atomic mass is 9.95. The minimum Gasteiger partial charge on any atom is -0.459 e. The van der Waals surface area contributed by atoms with Gasteiger partial charge in [-0.3, -0.25) is 0 Å². The molecule has 378 valence electrons. The van der Waals surface area contributed by atoms with E-state index in [2.05, 4.69) is 6.58 Å². The first kappa shape index (κ1) is 52.0. The molecule has 8 rings (SSSR count). The van der Waals surface area contributed by atoms with Crippen LogP contribution in [0.2, 0.25) is 0 Å². The van der Waals surface area contributed by atoms with E-state index in [1.54, 1.807) is 103 Å². The van der Waals surface area contributed by atoms with Gasteiger partial charge in [0.1, 0.15) is 37.1 Å². The maximum atomic E-state index is 14.4. The van der Waals surface area contributed by atoms with Crippen molar-refractivity contribution in [3.63, 3.8) is 0 Å². The Labute approximate surface area is 423 Å². The number of hydrogen-bond donors (Lipinski definition) is 0. The number of ether oxygens (including phenoxy) is 11. The predicted octanol–water partition coefficient (Wildman–Crippen LogP) is 8.38. The van der Waals surface area contributed by atoms with Crippen LogP contribution in [0.4, 0.5) is 0 Å². The van der Waals surface area contributed by atoms with Crippen molar-refractivity contribution in [1.82, 2.24) is 0 Å². The molecule has 0 spiro atoms. The Kier molecular flexibility index (Phi) is 18.8. The standard InChI is InChI=1S/C58H56O15/c1-3-34-65-49-47(45(37-64-35-39-22-10-4-11-23-39)68-57(63-2)51(49)66-36-40-24-12-5-13-25-40)73-58-52(72-56(62)44-32-20-9-21-33-44)50(71-55(61)43-30-18-8-19-31-43)48(70-54(60)42-28-16-7-17-29-42)46(69-58)38-67-53(59)41-26-14-6-15-27-41/h3-33,45-52,57-58H,1,34-38H2,2H3/t45-,46-,47-,48-,49+,50+,51-,52-,57+,58+/m1/s1. The third kappa shape index (κ3) is 14.0. The van der Waals surface area contributed by atoms with Crippen molar-refractivity contribution in [2.24, 2.45) is 0 Å². The zero-order chi connectivity index (χ0) is 50.8. The fraction of sp³-hybridized carbons (Fsp3) is 0.276. The molecule has 0 saturated carbocycles. The van der Waals surface area contributed by atoms with Crippen LogP contribution in [-0.4, -0.2) is 112 Å². The Bertz CT molecular complexity index is 2660. The second-order valence-electron chi connectivity index (χ2n) is 16.9. The monoisotopic (exact) mass is 992 g/mol. The third-order valence-corrected chi connectivity index (χ3v) is 11.9. The molecule has 0 unspecified atom stereocenters. The molecule has 2 fully saturated rings. The summed E-state index contributed by atoms with van der Waals surface area (Å²) in [6, 6.07) is 51.6. The molecule has 2 aliphatic heterocycles. The summed E-state index contributed by atoms with van der Waals surface area (Å²) in [6.45, 7) is 3.54. The largest absolute Gasteiger partial charge is 0.459 e. The van der Waals surface area contributed by atoms with E-state index in [0.717, 1.165) is 11.1 Å². The summed E-state index contributed by atoms with van der Waals surface area (Å²) in [5, 5.41) is 0. The van der Waals surface area contributed by atoms with Gasteiger partial charge in [-0.25, -0.2) is 19.2 Å². The lowest BCUT2D eigenvalue weighted by Crippen LogP contribution is -2.67. The van der Waals surface area contributed by atoms with Crippen LogP contribution in [-0.2, 0) is 65.3 Å². The first-order valence-electron chi connectivity index (χ1n) is 23.8. The molecule has 0 aromatic heterocycles. The molecule has 0 radical (unpaired) electrons. The topological polar surface area (TPSA) is 170 Å². The van der Waals surface area contributed by atoms with Crippen molar-refractivity contribution in [2.75, 3.05) is 26.9 Å². The fourth-order valence-corrected chi connectivity index (χ4v) is 8.34. The zero-order valence-electron chi connectivity index (χ0n) is 40.0. The van der Waals surface area contributed by atoms with Crippen molar-refractivity contribution in [1.29, 1.82) is 0 Å². The summed E-state index contributed by atoms with van der Waals surface area (Å²) in [6.07, 6.45) is -11.9. The first-order valence-corrected chi connectivity index (χ1v) is 23.8. The SMILES string of the molecule is C=CCO[C@@H]1[C@@H](OCc2ccccc2)[C@@H](OC)O[C@H](COCc2ccccc2)[C@H]1O[C@@H]1O[C@H](COC(=O)c2ccccc2)[C@@H](OC(=O)c2ccccc2)[C@H](OC(=O)c2ccccc2)[C@H]1OC(=O)c1ccccc1. The van der Waals surface area contributed by atoms with Crippen molar-refractivity contribution in [3.8, 4) is 0 Å². The van der Waals surface area contributed by atoms with Crippen molar-refractivity contribution in [2.45, 2.75) is 74.6 Å². The van der Waals surface area contributed by atoms with E-state index in [0.29, 0.717) is 0 Å². The van der Waals surface area contributed by atoms with E-state index in [9.17, 15) is 19.2 Å². The van der Waals surface area contributed by atoms with Crippen LogP contribution < -0.4 is 0 Å². The molecule has 6 aromatic carbocycles. The van der Waals surface area contributed by atoms with Crippen LogP contribution in [0.15, 0.2) is 195 Å². The second kappa shape index (κ2) is 26.4. The van der Waals surface area contributed by atoms with E-state index in [-0.39, 0.29) is 48.7 Å². The van der Waals surface area contributed by atoms with Crippen LogP contribution in [0, 0.1) is 0 Å². The first-order chi connectivity index (χ1) is 35.8. The quantitative estimate of drug-likeness (QED) is 0.0361. The third-order valence-electron chi connectivity index (χ3n) is 11.9. The highest BCUT2D eigenvalue weighted by Gasteiger charge is 2.57. The van der Waals surface area contributed by atoms with E-state index >= 15 is 0 Å². The Balaban J connectivity index is 1.23. The number of esters is 4. The average Bonchev–Trinajstić information content (AvgIpc) is 3.44. The lowest BCUT2D eigenvalue weighted by Gasteiger charge is -2.49. The number of hydrogen-bond acceptors (Lipinski definition) is 15. The van der Waals surface area contributed by atoms with Gasteiger partial charge in [0, 0.05) is 7.11 Å². The second-order valence-corrected chi connectivity index (χ2v) is 16.9. The van der Waals surface area contributed by atoms with Gasteiger partial charge in [0.25, 0.3) is 0 Å². The van der Waals surface area contributed by atoms with Gasteiger partial charge in [-0.1, -0.05) is 140 Å². The molecule has 0 bridgehead atoms. The fourth-order valence-electron chi connectivity index (χ4n) is 8.34. The van der Waals surface area contributed by atoms with Gasteiger partial charge >= 0.3 is 23.9 Å². The Morgan fingerprint density at radius 2 is 0.877 bits per heavy atom. The van der Waals surface area contributed by atoms with Crippen LogP contribution >= 0.6 is 0 Å². The summed E-state index contributed by atoms with van der Waals surface area (Å²) in [5.74, 6) is -3.31. The molecule has 2 heterocycles. The van der Waals surface area contributed by atoms with Gasteiger partial charge in [0.05, 0.1) is 48.7 Å². The van der Waals surface area contributed by atoms with Crippen molar-refractivity contribution in [3.05, 3.63) is 228 Å². The summed E-state index contributed by atoms with van der Waals surface area (Å²) in [5.41, 5.74) is 2.35. The molecule has 0 N–H and O–H groups in total. The number of methoxy groups -OCH3 is 1. The molecule has 0 amide bonds. The Morgan fingerprint density at radius 1 is 0.452 bits per heavy atom. The van der Waals surface area contributed by atoms with Gasteiger partial charge in [0.2, 0.25) is 0 Å². The van der Waals surface area contributed by atoms with Gasteiger partial charge < -0.3 is 52.1 Å². The molecule has 0 aliphatic carbocycles. The molecule has 6 aromatic rings. The van der Waals surface area contributed by atoms with Gasteiger partial charge in [-0.05, 0) is 59.7 Å². The lowest BCUT2D eigenvalue weighted by molar-refractivity contribution is -0.363. The highest BCUT2D eigenvalue weighted by atomic mass is 16.8. The number of rotatable bonds is 22. The smallest absolute Gasteiger partial charge is 0.338 e. The van der Waals surface area contributed by atoms with Crippen LogP contribution in [0.25, 0.3) is 0 Å². The molecule has 10 atom stereocenters. The minimum absolute atomic E-state index is 0.00852. The maximum Gasteiger partial charge on any atom is 0.338 e. The van der Waals surface area contributed by atoms with E-state index in [1.165, 1.54) is 31.4 Å². The van der Waals surface area contributed by atoms with E-state index in [1.807, 2.05) is 60.7 Å². The number of carbonyl (C=O) groups is 4. The number of benzene rings is 6. The molecular formula is C58H56O15. The summed E-state index contributed by atoms with van der Waals surface area (Å²) in [7, 11) is 1.48. The minimum atomic E-state index is -1.72. The van der Waals surface area contributed by atoms with E-state index < -0.39 is 91.9 Å². The molecule has 15 heteroatoms. The van der Waals surface area contributed by atoms with Crippen molar-refractivity contribution >= 4 is 23.9 Å². The Morgan fingerprint density at radius 3 is 1.37 bits per heavy atom. The molecule has 15 nitrogen and oxygen atoms in total. The summed E-state index contributed by atoms with van der Waals surface area (Å²) < 4.78 is 70.8. The molecule has 73 heavy (non-hydrogen) atoms. The summed E-state index contributed by atoms with van der Waals surface area (Å²) >= 11 is 0. The number of carbonyl (C=O) groups excluding carboxylic acids is 4. The van der Waals surface area contributed by atoms with Gasteiger partial charge in [-0.15, -0.1) is 6.58 Å². The van der Waals surface area contributed by atoms with Crippen LogP contribution in [0.1, 0.15) is 52.6 Å². The van der Waals surface area contributed by atoms with Crippen LogP contribution in [0.5, 0.6) is 0 Å². The van der Waals surface area contributed by atoms with Crippen LogP contribution in [0.3, 0.4) is 0 Å². The maximum absolute atomic E-state index is 14.4. The van der Waals surface area contributed by atoms with Gasteiger partial charge in [-0.2, -0.15) is 0 Å². The normalized spacial score (nSPS) is 23.6. The highest BCUT2D eigenvalue weighted by molar-refractivity contribution is 5.91. The highest BCUT2D eigenvalue weighted by Crippen LogP contribution is 2.37. The predicted molar refractivity (Wildman–Crippen MR) is 264 cm³/mol. The molecular weight excluding hydrogens is 937 g/mol. The van der Waals surface area contributed by atoms with Crippen molar-refractivity contribution < 1.29 is 71.3 Å². The zero-order valence-corrected chi connectivity index (χ0v) is 40.0. The Hall–Kier alpha value is -7.34. The molecule has 2 saturated heterocycles. The summed E-state index contributed by atoms with van der Waals surface area (Å²) in [4.78, 5) is 56.6. The van der Waals surface area contributed by atoms with Gasteiger partial charge in [0.15, 0.2) is 30.9 Å². The average molecular weight is 993 g/mol. The molecule has 2 aliphatic rings.